The highest BCUT2D eigenvalue weighted by atomic mass is 32.1. The van der Waals surface area contributed by atoms with Crippen molar-refractivity contribution in [3.05, 3.63) is 40.1 Å². The molecule has 0 saturated carbocycles. The van der Waals surface area contributed by atoms with E-state index in [0.717, 1.165) is 0 Å². The van der Waals surface area contributed by atoms with Gasteiger partial charge >= 0.3 is 5.97 Å². The summed E-state index contributed by atoms with van der Waals surface area (Å²) >= 11 is 1.33. The summed E-state index contributed by atoms with van der Waals surface area (Å²) in [5.74, 6) is -0.178. The largest absolute Gasteiger partial charge is 0.493 e. The third-order valence-corrected chi connectivity index (χ3v) is 5.71. The van der Waals surface area contributed by atoms with Gasteiger partial charge in [0.25, 0.3) is 5.91 Å². The van der Waals surface area contributed by atoms with Crippen LogP contribution in [0.25, 0.3) is 0 Å². The van der Waals surface area contributed by atoms with E-state index >= 15 is 0 Å². The van der Waals surface area contributed by atoms with Gasteiger partial charge in [-0.25, -0.2) is 4.79 Å². The number of amides is 1. The second-order valence-corrected chi connectivity index (χ2v) is 7.53. The van der Waals surface area contributed by atoms with Gasteiger partial charge in [-0.3, -0.25) is 9.59 Å². The van der Waals surface area contributed by atoms with Crippen molar-refractivity contribution in [3.8, 4) is 17.2 Å². The Labute approximate surface area is 178 Å². The van der Waals surface area contributed by atoms with Crippen LogP contribution in [0.5, 0.6) is 17.2 Å². The number of rotatable bonds is 8. The van der Waals surface area contributed by atoms with Gasteiger partial charge in [0.05, 0.1) is 26.2 Å². The summed E-state index contributed by atoms with van der Waals surface area (Å²) in [6.07, 6.45) is 1.21. The number of Topliss-reactive ketones (excluding diaryl/α,β-unsaturated/α-hetero) is 1. The van der Waals surface area contributed by atoms with Crippen molar-refractivity contribution in [1.29, 1.82) is 0 Å². The molecule has 9 heteroatoms. The minimum Gasteiger partial charge on any atom is -0.493 e. The number of esters is 1. The minimum atomic E-state index is -0.688. The fourth-order valence-electron chi connectivity index (χ4n) is 3.35. The summed E-state index contributed by atoms with van der Waals surface area (Å²) in [5, 5.41) is 1.81. The zero-order valence-electron chi connectivity index (χ0n) is 17.0. The minimum absolute atomic E-state index is 0.194. The van der Waals surface area contributed by atoms with E-state index in [-0.39, 0.29) is 11.5 Å². The summed E-state index contributed by atoms with van der Waals surface area (Å²) in [6.45, 7) is 0.0341. The molecule has 1 fully saturated rings. The fourth-order valence-corrected chi connectivity index (χ4v) is 4.03. The molecule has 1 saturated heterocycles. The molecular weight excluding hydrogens is 410 g/mol. The molecule has 1 unspecified atom stereocenters. The Morgan fingerprint density at radius 1 is 1.10 bits per heavy atom. The topological polar surface area (TPSA) is 91.4 Å². The zero-order valence-corrected chi connectivity index (χ0v) is 17.8. The van der Waals surface area contributed by atoms with E-state index in [0.29, 0.717) is 41.5 Å². The fraction of sp³-hybridized carbons (Fsp3) is 0.381. The molecule has 0 N–H and O–H groups in total. The number of thiophene rings is 1. The van der Waals surface area contributed by atoms with E-state index in [1.807, 2.05) is 5.38 Å². The van der Waals surface area contributed by atoms with Gasteiger partial charge in [-0.1, -0.05) is 6.07 Å². The lowest BCUT2D eigenvalue weighted by molar-refractivity contribution is -0.147. The third-order valence-electron chi connectivity index (χ3n) is 4.85. The predicted molar refractivity (Wildman–Crippen MR) is 110 cm³/mol. The first-order chi connectivity index (χ1) is 14.5. The highest BCUT2D eigenvalue weighted by Crippen LogP contribution is 2.38. The molecule has 8 nitrogen and oxygen atoms in total. The number of carbonyl (C=O) groups excluding carboxylic acids is 3. The maximum atomic E-state index is 12.6. The monoisotopic (exact) mass is 433 g/mol. The van der Waals surface area contributed by atoms with Crippen molar-refractivity contribution >= 4 is 29.0 Å². The molecule has 1 aromatic heterocycles. The first-order valence-electron chi connectivity index (χ1n) is 9.34. The van der Waals surface area contributed by atoms with Crippen molar-refractivity contribution in [2.75, 3.05) is 34.5 Å². The van der Waals surface area contributed by atoms with E-state index in [1.54, 1.807) is 12.1 Å². The molecule has 30 heavy (non-hydrogen) atoms. The third kappa shape index (κ3) is 4.40. The van der Waals surface area contributed by atoms with Crippen molar-refractivity contribution in [3.63, 3.8) is 0 Å². The average Bonchev–Trinajstić information content (AvgIpc) is 3.47. The number of ketones is 1. The van der Waals surface area contributed by atoms with Crippen molar-refractivity contribution in [2.24, 2.45) is 0 Å². The zero-order chi connectivity index (χ0) is 21.7. The highest BCUT2D eigenvalue weighted by Gasteiger charge is 2.36. The van der Waals surface area contributed by atoms with E-state index in [4.69, 9.17) is 18.9 Å². The van der Waals surface area contributed by atoms with Crippen molar-refractivity contribution in [1.82, 2.24) is 4.90 Å². The van der Waals surface area contributed by atoms with Gasteiger partial charge in [0.1, 0.15) is 6.04 Å². The Morgan fingerprint density at radius 3 is 2.37 bits per heavy atom. The van der Waals surface area contributed by atoms with E-state index < -0.39 is 24.4 Å². The Morgan fingerprint density at radius 2 is 1.80 bits per heavy atom. The van der Waals surface area contributed by atoms with E-state index in [2.05, 4.69) is 0 Å². The molecule has 1 aliphatic rings. The normalized spacial score (nSPS) is 15.6. The van der Waals surface area contributed by atoms with Crippen LogP contribution in [0.15, 0.2) is 29.6 Å². The van der Waals surface area contributed by atoms with Crippen LogP contribution in [-0.4, -0.2) is 63.1 Å². The Bertz CT molecular complexity index is 900. The summed E-state index contributed by atoms with van der Waals surface area (Å²) < 4.78 is 21.0. The number of methoxy groups -OCH3 is 3. The molecule has 3 rings (SSSR count). The van der Waals surface area contributed by atoms with Crippen LogP contribution in [0.3, 0.4) is 0 Å². The molecule has 0 bridgehead atoms. The quantitative estimate of drug-likeness (QED) is 0.467. The van der Waals surface area contributed by atoms with Gasteiger partial charge in [-0.05, 0) is 36.4 Å². The number of hydrogen-bond donors (Lipinski definition) is 0. The molecule has 2 aromatic rings. The van der Waals surface area contributed by atoms with Gasteiger partial charge in [-0.2, -0.15) is 0 Å². The first kappa shape index (κ1) is 21.6. The van der Waals surface area contributed by atoms with Crippen LogP contribution in [0.1, 0.15) is 32.9 Å². The van der Waals surface area contributed by atoms with Crippen molar-refractivity contribution in [2.45, 2.75) is 18.9 Å². The number of ether oxygens (including phenoxy) is 4. The number of likely N-dealkylation sites (tertiary alicyclic amines) is 1. The number of carbonyl (C=O) groups is 3. The summed E-state index contributed by atoms with van der Waals surface area (Å²) in [5.41, 5.74) is 0.259. The second-order valence-electron chi connectivity index (χ2n) is 6.58. The number of benzene rings is 1. The molecule has 0 aliphatic carbocycles. The van der Waals surface area contributed by atoms with Crippen LogP contribution in [0.4, 0.5) is 0 Å². The Kier molecular flexibility index (Phi) is 6.94. The number of nitrogens with zero attached hydrogens (tertiary/aromatic N) is 1. The lowest BCUT2D eigenvalue weighted by Crippen LogP contribution is -2.41. The first-order valence-corrected chi connectivity index (χ1v) is 10.2. The number of hydrogen-bond acceptors (Lipinski definition) is 8. The molecule has 1 atom stereocenters. The molecule has 2 heterocycles. The lowest BCUT2D eigenvalue weighted by Gasteiger charge is -2.22. The molecule has 160 valence electrons. The van der Waals surface area contributed by atoms with Gasteiger partial charge < -0.3 is 23.8 Å². The molecule has 1 aliphatic heterocycles. The molecule has 0 spiro atoms. The van der Waals surface area contributed by atoms with E-state index in [9.17, 15) is 14.4 Å². The van der Waals surface area contributed by atoms with Crippen LogP contribution >= 0.6 is 11.3 Å². The van der Waals surface area contributed by atoms with Gasteiger partial charge in [-0.15, -0.1) is 11.3 Å². The van der Waals surface area contributed by atoms with Gasteiger partial charge in [0.2, 0.25) is 11.5 Å². The summed E-state index contributed by atoms with van der Waals surface area (Å²) in [4.78, 5) is 39.9. The predicted octanol–water partition coefficient (Wildman–Crippen LogP) is 2.80. The average molecular weight is 433 g/mol. The van der Waals surface area contributed by atoms with E-state index in [1.165, 1.54) is 49.7 Å². The molecule has 1 aromatic carbocycles. The second kappa shape index (κ2) is 9.62. The maximum absolute atomic E-state index is 12.6. The SMILES string of the molecule is COc1cc(C(=O)COC(=O)C2CCCN2C(=O)c2cccs2)cc(OC)c1OC. The molecular formula is C21H23NO7S. The molecule has 0 radical (unpaired) electrons. The van der Waals surface area contributed by atoms with Crippen LogP contribution < -0.4 is 14.2 Å². The van der Waals surface area contributed by atoms with Crippen LogP contribution in [-0.2, 0) is 9.53 Å². The molecule has 1 amide bonds. The lowest BCUT2D eigenvalue weighted by atomic mass is 10.1. The standard InChI is InChI=1S/C21H23NO7S/c1-26-16-10-13(11-17(27-2)19(16)28-3)15(23)12-29-21(25)14-6-4-8-22(14)20(24)18-7-5-9-30-18/h5,7,9-11,14H,4,6,8,12H2,1-3H3. The van der Waals surface area contributed by atoms with Crippen LogP contribution in [0, 0.1) is 0 Å². The summed E-state index contributed by atoms with van der Waals surface area (Å²) in [6, 6.07) is 5.82. The van der Waals surface area contributed by atoms with Gasteiger partial charge in [0, 0.05) is 12.1 Å². The Balaban J connectivity index is 1.67. The Hall–Kier alpha value is -3.07. The van der Waals surface area contributed by atoms with Gasteiger partial charge in [0.15, 0.2) is 18.1 Å². The smallest absolute Gasteiger partial charge is 0.329 e. The highest BCUT2D eigenvalue weighted by molar-refractivity contribution is 7.12. The van der Waals surface area contributed by atoms with Crippen molar-refractivity contribution < 1.29 is 33.3 Å². The maximum Gasteiger partial charge on any atom is 0.329 e. The van der Waals surface area contributed by atoms with Crippen LogP contribution in [0.2, 0.25) is 0 Å². The summed E-state index contributed by atoms with van der Waals surface area (Å²) in [7, 11) is 4.37.